The van der Waals surface area contributed by atoms with Gasteiger partial charge in [-0.1, -0.05) is 147 Å². The van der Waals surface area contributed by atoms with Crippen LogP contribution in [0.15, 0.2) is 152 Å². The summed E-state index contributed by atoms with van der Waals surface area (Å²) in [7, 11) is 0. The Hall–Kier alpha value is -6.44. The van der Waals surface area contributed by atoms with E-state index in [9.17, 15) is 10.1 Å². The van der Waals surface area contributed by atoms with E-state index in [0.29, 0.717) is 22.8 Å². The van der Waals surface area contributed by atoms with E-state index < -0.39 is 0 Å². The fraction of sp³-hybridized carbons (Fsp3) is 0.0667. The van der Waals surface area contributed by atoms with Crippen LogP contribution in [-0.4, -0.2) is 15.8 Å². The Morgan fingerprint density at radius 1 is 0.490 bits per heavy atom. The highest BCUT2D eigenvalue weighted by molar-refractivity contribution is 6.13. The van der Waals surface area contributed by atoms with Gasteiger partial charge in [0.2, 0.25) is 0 Å². The van der Waals surface area contributed by atoms with Crippen LogP contribution < -0.4 is 0 Å². The molecule has 0 bridgehead atoms. The minimum absolute atomic E-state index is 0.0681. The number of hydrogen-bond donors (Lipinski definition) is 0. The zero-order chi connectivity index (χ0) is 33.5. The summed E-state index contributed by atoms with van der Waals surface area (Å²) in [4.78, 5) is 23.6. The quantitative estimate of drug-likeness (QED) is 0.190. The summed E-state index contributed by atoms with van der Waals surface area (Å²) in [5, 5.41) is 10.5. The van der Waals surface area contributed by atoms with Crippen molar-refractivity contribution in [3.8, 4) is 62.2 Å². The molecular weight excluding hydrogens is 599 g/mol. The van der Waals surface area contributed by atoms with Crippen molar-refractivity contribution in [2.45, 2.75) is 19.3 Å². The van der Waals surface area contributed by atoms with Crippen molar-refractivity contribution in [2.24, 2.45) is 0 Å². The van der Waals surface area contributed by atoms with E-state index in [4.69, 9.17) is 9.97 Å². The van der Waals surface area contributed by atoms with Crippen molar-refractivity contribution >= 4 is 5.78 Å². The zero-order valence-electron chi connectivity index (χ0n) is 27.2. The lowest BCUT2D eigenvalue weighted by molar-refractivity contribution is 0.103. The van der Waals surface area contributed by atoms with Crippen LogP contribution in [0.5, 0.6) is 0 Å². The van der Waals surface area contributed by atoms with E-state index in [-0.39, 0.29) is 11.2 Å². The number of benzene rings is 6. The molecule has 0 amide bonds. The van der Waals surface area contributed by atoms with E-state index >= 15 is 0 Å². The third kappa shape index (κ3) is 5.23. The van der Waals surface area contributed by atoms with Gasteiger partial charge in [0, 0.05) is 33.2 Å². The number of carbonyl (C=O) groups excluding carboxylic acids is 1. The average Bonchev–Trinajstić information content (AvgIpc) is 3.17. The Labute approximate surface area is 286 Å². The Bertz CT molecular complexity index is 2440. The largest absolute Gasteiger partial charge is 0.289 e. The number of carbonyl (C=O) groups is 1. The molecule has 8 rings (SSSR count). The Balaban J connectivity index is 1.21. The fourth-order valence-corrected chi connectivity index (χ4v) is 6.99. The minimum atomic E-state index is -0.273. The molecule has 0 spiro atoms. The monoisotopic (exact) mass is 629 g/mol. The summed E-state index contributed by atoms with van der Waals surface area (Å²) in [5.41, 5.74) is 11.6. The topological polar surface area (TPSA) is 66.6 Å². The Morgan fingerprint density at radius 3 is 1.63 bits per heavy atom. The molecule has 1 aliphatic carbocycles. The molecule has 0 fully saturated rings. The molecule has 232 valence electrons. The summed E-state index contributed by atoms with van der Waals surface area (Å²) in [6.45, 7) is 4.37. The number of rotatable bonds is 5. The minimum Gasteiger partial charge on any atom is -0.289 e. The summed E-state index contributed by atoms with van der Waals surface area (Å²) in [6.07, 6.45) is 0. The van der Waals surface area contributed by atoms with Crippen molar-refractivity contribution in [1.29, 1.82) is 5.26 Å². The van der Waals surface area contributed by atoms with E-state index in [1.165, 1.54) is 0 Å². The maximum absolute atomic E-state index is 13.7. The van der Waals surface area contributed by atoms with E-state index in [1.54, 1.807) is 0 Å². The first-order valence-corrected chi connectivity index (χ1v) is 16.4. The van der Waals surface area contributed by atoms with Gasteiger partial charge in [0.05, 0.1) is 11.4 Å². The molecule has 7 aromatic rings. The highest BCUT2D eigenvalue weighted by atomic mass is 16.1. The highest BCUT2D eigenvalue weighted by Gasteiger charge is 2.36. The lowest BCUT2D eigenvalue weighted by atomic mass is 9.68. The number of fused-ring (bicyclic) bond motifs is 2. The van der Waals surface area contributed by atoms with Crippen LogP contribution in [0.4, 0.5) is 0 Å². The molecule has 1 aromatic heterocycles. The van der Waals surface area contributed by atoms with Gasteiger partial charge in [-0.05, 0) is 51.6 Å². The van der Waals surface area contributed by atoms with Crippen molar-refractivity contribution in [1.82, 2.24) is 9.97 Å². The Morgan fingerprint density at radius 2 is 0.980 bits per heavy atom. The predicted octanol–water partition coefficient (Wildman–Crippen LogP) is 10.6. The second-order valence-corrected chi connectivity index (χ2v) is 12.9. The molecule has 4 heteroatoms. The van der Waals surface area contributed by atoms with Gasteiger partial charge in [-0.15, -0.1) is 0 Å². The maximum Gasteiger partial charge on any atom is 0.193 e. The summed E-state index contributed by atoms with van der Waals surface area (Å²) in [5.74, 6) is 0.632. The van der Waals surface area contributed by atoms with Gasteiger partial charge in [0.1, 0.15) is 11.6 Å². The van der Waals surface area contributed by atoms with Gasteiger partial charge in [0.25, 0.3) is 0 Å². The van der Waals surface area contributed by atoms with Crippen LogP contribution in [0.3, 0.4) is 0 Å². The van der Waals surface area contributed by atoms with E-state index in [2.05, 4.69) is 68.4 Å². The van der Waals surface area contributed by atoms with Crippen molar-refractivity contribution in [3.63, 3.8) is 0 Å². The molecule has 49 heavy (non-hydrogen) atoms. The van der Waals surface area contributed by atoms with Gasteiger partial charge < -0.3 is 0 Å². The molecule has 0 unspecified atom stereocenters. The molecule has 6 aromatic carbocycles. The van der Waals surface area contributed by atoms with Crippen LogP contribution in [-0.2, 0) is 5.41 Å². The smallest absolute Gasteiger partial charge is 0.193 e. The SMILES string of the molecule is CC1(C)c2ccccc2C(=O)c2cc(-c3cccc(-c4cccc(-c5nc(-c6ccccc6)nc(-c6ccccc6)c5C#N)c4)c3)ccc21. The van der Waals surface area contributed by atoms with Gasteiger partial charge in [-0.3, -0.25) is 4.79 Å². The van der Waals surface area contributed by atoms with Gasteiger partial charge in [-0.2, -0.15) is 5.26 Å². The summed E-state index contributed by atoms with van der Waals surface area (Å²) >= 11 is 0. The standard InChI is InChI=1S/C45H31N3O/c1-45(2)39-22-10-9-21-36(39)43(49)37-27-34(23-24-40(37)45)32-18-11-17-31(25-32)33-19-12-20-35(26-33)42-38(28-46)41(29-13-5-3-6-14-29)47-44(48-42)30-15-7-4-8-16-30/h3-27H,1-2H3. The second-order valence-electron chi connectivity index (χ2n) is 12.9. The number of nitriles is 1. The van der Waals surface area contributed by atoms with Crippen LogP contribution >= 0.6 is 0 Å². The molecule has 1 aliphatic rings. The first-order valence-electron chi connectivity index (χ1n) is 16.4. The summed E-state index contributed by atoms with van der Waals surface area (Å²) in [6, 6.07) is 52.8. The normalized spacial score (nSPS) is 12.9. The number of hydrogen-bond acceptors (Lipinski definition) is 4. The van der Waals surface area contributed by atoms with Gasteiger partial charge >= 0.3 is 0 Å². The fourth-order valence-electron chi connectivity index (χ4n) is 6.99. The highest BCUT2D eigenvalue weighted by Crippen LogP contribution is 2.43. The van der Waals surface area contributed by atoms with Gasteiger partial charge in [-0.25, -0.2) is 9.97 Å². The lowest BCUT2D eigenvalue weighted by Crippen LogP contribution is -2.30. The van der Waals surface area contributed by atoms with Crippen LogP contribution in [0, 0.1) is 11.3 Å². The Kier molecular flexibility index (Phi) is 7.31. The van der Waals surface area contributed by atoms with Crippen LogP contribution in [0.2, 0.25) is 0 Å². The van der Waals surface area contributed by atoms with Crippen molar-refractivity contribution in [3.05, 3.63) is 179 Å². The molecule has 0 N–H and O–H groups in total. The van der Waals surface area contributed by atoms with Crippen LogP contribution in [0.1, 0.15) is 46.5 Å². The molecule has 1 heterocycles. The molecule has 0 saturated carbocycles. The third-order valence-corrected chi connectivity index (χ3v) is 9.55. The average molecular weight is 630 g/mol. The number of nitrogens with zero attached hydrogens (tertiary/aromatic N) is 3. The molecule has 0 aliphatic heterocycles. The van der Waals surface area contributed by atoms with Crippen molar-refractivity contribution < 1.29 is 4.79 Å². The molecule has 4 nitrogen and oxygen atoms in total. The van der Waals surface area contributed by atoms with Gasteiger partial charge in [0.15, 0.2) is 11.6 Å². The molecular formula is C45H31N3O. The lowest BCUT2D eigenvalue weighted by Gasteiger charge is -2.34. The van der Waals surface area contributed by atoms with E-state index in [1.807, 2.05) is 103 Å². The van der Waals surface area contributed by atoms with Crippen molar-refractivity contribution in [2.75, 3.05) is 0 Å². The van der Waals surface area contributed by atoms with Crippen LogP contribution in [0.25, 0.3) is 56.2 Å². The predicted molar refractivity (Wildman–Crippen MR) is 196 cm³/mol. The first-order chi connectivity index (χ1) is 23.9. The number of aromatic nitrogens is 2. The zero-order valence-corrected chi connectivity index (χ0v) is 27.2. The first kappa shape index (κ1) is 29.9. The maximum atomic E-state index is 13.7. The second kappa shape index (κ2) is 12.0. The summed E-state index contributed by atoms with van der Waals surface area (Å²) < 4.78 is 0. The third-order valence-electron chi connectivity index (χ3n) is 9.55. The molecule has 0 saturated heterocycles. The number of ketones is 1. The van der Waals surface area contributed by atoms with E-state index in [0.717, 1.165) is 61.2 Å². The molecule has 0 radical (unpaired) electrons. The molecule has 0 atom stereocenters.